The highest BCUT2D eigenvalue weighted by atomic mass is 35.5. The van der Waals surface area contributed by atoms with Gasteiger partial charge < -0.3 is 64.3 Å². The number of aromatic nitrogens is 6. The van der Waals surface area contributed by atoms with E-state index in [4.69, 9.17) is 94.0 Å². The van der Waals surface area contributed by atoms with Crippen molar-refractivity contribution in [3.8, 4) is 69.8 Å². The summed E-state index contributed by atoms with van der Waals surface area (Å²) in [6.07, 6.45) is 11.6. The number of halogens is 3. The fourth-order valence-electron chi connectivity index (χ4n) is 9.67. The third-order valence-corrected chi connectivity index (χ3v) is 16.2. The summed E-state index contributed by atoms with van der Waals surface area (Å²) in [7, 11) is 0. The molecule has 2 aromatic heterocycles. The summed E-state index contributed by atoms with van der Waals surface area (Å²) in [6.45, 7) is 18.8. The quantitative estimate of drug-likeness (QED) is 0.0126. The molecule has 0 spiro atoms. The van der Waals surface area contributed by atoms with Gasteiger partial charge in [-0.25, -0.2) is 0 Å². The molecule has 688 valence electrons. The van der Waals surface area contributed by atoms with E-state index in [2.05, 4.69) is 79.1 Å². The highest BCUT2D eigenvalue weighted by Gasteiger charge is 2.16. The molecule has 0 saturated carbocycles. The molecule has 0 amide bonds. The fourth-order valence-corrected chi connectivity index (χ4v) is 10.3. The van der Waals surface area contributed by atoms with Crippen molar-refractivity contribution < 1.29 is 86.4 Å². The number of aldehydes is 4. The molecule has 132 heavy (non-hydrogen) atoms. The van der Waals surface area contributed by atoms with Crippen LogP contribution in [0.5, 0.6) is 69.8 Å². The van der Waals surface area contributed by atoms with E-state index >= 15 is 0 Å². The minimum absolute atomic E-state index is 0.000000000000000444. The molecule has 0 atom stereocenters. The number of ether oxygens (including phenoxy) is 9. The van der Waals surface area contributed by atoms with Gasteiger partial charge in [0.05, 0.1) is 33.0 Å². The van der Waals surface area contributed by atoms with Gasteiger partial charge in [-0.05, 0) is 262 Å². The molecular formula is C98H102Cl3N13O18. The number of benzene rings is 10. The van der Waals surface area contributed by atoms with Crippen LogP contribution in [0.2, 0.25) is 15.9 Å². The van der Waals surface area contributed by atoms with Crippen molar-refractivity contribution in [1.82, 2.24) is 29.9 Å². The van der Waals surface area contributed by atoms with Crippen LogP contribution in [0.4, 0.5) is 0 Å². The second kappa shape index (κ2) is 64.0. The van der Waals surface area contributed by atoms with E-state index in [1.807, 2.05) is 71.3 Å². The molecule has 10 aromatic carbocycles. The Bertz CT molecular complexity index is 5210. The SMILES string of the molecule is CCN.CCN.CCN=Cc1ccc(C=NCC)cc1.CCOC(=O)CN=Cc1ccc(Oc2nc(Oc3ccc(C=NCC(=O)OCC)cc3)nc(Oc3ccc(C=NCC(=O)OCC)cc3)n2)cc1.Cc1ccc(C=O)cc1.Clc1nc(Cl)nc(Cl)n1.O=Cc1ccc(CO)cc1.O=Cc1ccc(Oc2cc(Oc3ccc(C=O)cc3)cc(Oc3ccc(CO)cc3)c2)cc1. The Kier molecular flexibility index (Phi) is 52.2. The summed E-state index contributed by atoms with van der Waals surface area (Å²) in [5, 5.41) is 17.8. The molecule has 31 nitrogen and oxygen atoms in total. The van der Waals surface area contributed by atoms with Crippen molar-refractivity contribution in [2.45, 2.75) is 68.6 Å². The second-order valence-corrected chi connectivity index (χ2v) is 27.1. The van der Waals surface area contributed by atoms with Crippen LogP contribution in [0.1, 0.15) is 134 Å². The van der Waals surface area contributed by atoms with Gasteiger partial charge in [0, 0.05) is 84.6 Å². The minimum atomic E-state index is -0.411. The first-order valence-electron chi connectivity index (χ1n) is 41.0. The van der Waals surface area contributed by atoms with Crippen LogP contribution in [0.25, 0.3) is 0 Å². The lowest BCUT2D eigenvalue weighted by Gasteiger charge is -2.13. The molecular weight excluding hydrogens is 1750 g/mol. The van der Waals surface area contributed by atoms with Crippen molar-refractivity contribution in [1.29, 1.82) is 0 Å². The first-order valence-corrected chi connectivity index (χ1v) is 42.1. The standard InChI is InChI=1S/C36H36N6O9.C27H20O6.C12H16N2.C8H8O2.C8H8O.C3Cl3N3.2C2H7N/c1-4-46-31(43)22-37-19-25-7-13-28(14-8-25)49-34-40-35(50-29-15-9-26(10-16-29)20-38-23-32(44)47-5-2)42-36(41-34)51-30-17-11-27(12-18-30)21-39-24-33(45)48-6-3;28-16-19-1-7-22(8-2-19)31-25-13-26(32-23-9-3-20(17-29)4-10-23)15-27(14-25)33-24-11-5-21(18-30)6-12-24;1-3-13-9-11-5-7-12(8-6-11)10-14-4-2;9-5-7-1-2-8(6-10)4-3-7;1-7-2-4-8(6-9)5-3-7;4-1-7-2(5)9-3(6)8-1;2*1-2-3/h7-21H,4-6,22-24H2,1-3H3;1-17,30H,18H2;5-10H,3-4H2,1-2H3;1-5,10H,6H2;2-6H,1H3;;2*2-3H2,1H3. The zero-order valence-electron chi connectivity index (χ0n) is 73.8. The lowest BCUT2D eigenvalue weighted by molar-refractivity contribution is -0.142. The Morgan fingerprint density at radius 1 is 0.303 bits per heavy atom. The molecule has 0 aliphatic rings. The van der Waals surface area contributed by atoms with Gasteiger partial charge in [-0.15, -0.1) is 15.0 Å². The smallest absolute Gasteiger partial charge is 0.331 e. The third kappa shape index (κ3) is 45.2. The number of hydrogen-bond acceptors (Lipinski definition) is 31. The molecule has 12 rings (SSSR count). The zero-order valence-corrected chi connectivity index (χ0v) is 76.1. The van der Waals surface area contributed by atoms with Crippen LogP contribution in [-0.2, 0) is 41.8 Å². The maximum absolute atomic E-state index is 11.5. The van der Waals surface area contributed by atoms with E-state index < -0.39 is 17.9 Å². The molecule has 0 bridgehead atoms. The van der Waals surface area contributed by atoms with Crippen LogP contribution < -0.4 is 39.9 Å². The lowest BCUT2D eigenvalue weighted by atomic mass is 10.1. The number of carbonyl (C=O) groups excluding carboxylic acids is 7. The predicted octanol–water partition coefficient (Wildman–Crippen LogP) is 18.5. The minimum Gasteiger partial charge on any atom is -0.465 e. The predicted molar refractivity (Wildman–Crippen MR) is 511 cm³/mol. The molecule has 12 aromatic rings. The zero-order chi connectivity index (χ0) is 95.9. The Hall–Kier alpha value is -14.8. The van der Waals surface area contributed by atoms with Crippen molar-refractivity contribution in [3.05, 3.63) is 319 Å². The number of aryl methyl sites for hydroxylation is 1. The van der Waals surface area contributed by atoms with Crippen molar-refractivity contribution >= 4 is 109 Å². The van der Waals surface area contributed by atoms with Gasteiger partial charge in [0.15, 0.2) is 0 Å². The van der Waals surface area contributed by atoms with E-state index in [0.29, 0.717) is 88.3 Å². The molecule has 0 radical (unpaired) electrons. The van der Waals surface area contributed by atoms with Crippen molar-refractivity contribution in [2.75, 3.05) is 65.6 Å². The number of esters is 3. The maximum Gasteiger partial charge on any atom is 0.331 e. The summed E-state index contributed by atoms with van der Waals surface area (Å²) in [5.74, 6) is 3.07. The topological polar surface area (TPSA) is 434 Å². The summed E-state index contributed by atoms with van der Waals surface area (Å²) in [5.41, 5.74) is 19.4. The monoisotopic (exact) mass is 1850 g/mol. The average molecular weight is 1860 g/mol. The Balaban J connectivity index is 0.000000319. The Morgan fingerprint density at radius 2 is 0.508 bits per heavy atom. The third-order valence-electron chi connectivity index (χ3n) is 15.7. The van der Waals surface area contributed by atoms with E-state index in [0.717, 1.165) is 95.8 Å². The molecule has 6 N–H and O–H groups in total. The van der Waals surface area contributed by atoms with Gasteiger partial charge in [0.2, 0.25) is 15.9 Å². The van der Waals surface area contributed by atoms with E-state index in [1.54, 1.807) is 227 Å². The number of aliphatic imine (C=N–C) groups is 5. The number of hydrogen-bond donors (Lipinski definition) is 4. The average Bonchev–Trinajstić information content (AvgIpc) is 0.832. The molecule has 0 fully saturated rings. The molecule has 0 saturated heterocycles. The van der Waals surface area contributed by atoms with Gasteiger partial charge in [-0.1, -0.05) is 104 Å². The van der Waals surface area contributed by atoms with Gasteiger partial charge in [0.1, 0.15) is 96.5 Å². The summed E-state index contributed by atoms with van der Waals surface area (Å²) >= 11 is 16.0. The fraction of sp³-hybridized carbons (Fsp3) is 0.204. The molecule has 0 unspecified atom stereocenters. The number of rotatable bonds is 34. The second-order valence-electron chi connectivity index (χ2n) is 26.1. The Labute approximate surface area is 780 Å². The van der Waals surface area contributed by atoms with Crippen LogP contribution in [0.15, 0.2) is 262 Å². The highest BCUT2D eigenvalue weighted by molar-refractivity contribution is 6.33. The van der Waals surface area contributed by atoms with Gasteiger partial charge in [-0.3, -0.25) is 58.5 Å². The highest BCUT2D eigenvalue weighted by Crippen LogP contribution is 2.36. The maximum atomic E-state index is 11.5. The van der Waals surface area contributed by atoms with Crippen molar-refractivity contribution in [2.24, 2.45) is 36.4 Å². The van der Waals surface area contributed by atoms with Crippen LogP contribution in [-0.4, -0.2) is 180 Å². The molecule has 2 heterocycles. The van der Waals surface area contributed by atoms with Gasteiger partial charge >= 0.3 is 35.9 Å². The summed E-state index contributed by atoms with van der Waals surface area (Å²) in [6, 6.07) is 68.4. The molecule has 0 aliphatic carbocycles. The van der Waals surface area contributed by atoms with Gasteiger partial charge in [0.25, 0.3) is 0 Å². The summed E-state index contributed by atoms with van der Waals surface area (Å²) < 4.78 is 50.2. The number of nitrogens with two attached hydrogens (primary N) is 2. The lowest BCUT2D eigenvalue weighted by Crippen LogP contribution is -2.07. The van der Waals surface area contributed by atoms with Gasteiger partial charge in [-0.2, -0.15) is 15.0 Å². The Morgan fingerprint density at radius 3 is 0.742 bits per heavy atom. The van der Waals surface area contributed by atoms with Crippen LogP contribution >= 0.6 is 34.8 Å². The number of aliphatic hydroxyl groups is 2. The van der Waals surface area contributed by atoms with E-state index in [-0.39, 0.29) is 66.7 Å². The first-order chi connectivity index (χ1) is 64.0. The molecule has 0 aliphatic heterocycles. The number of nitrogens with zero attached hydrogens (tertiary/aromatic N) is 11. The normalized spacial score (nSPS) is 10.4. The largest absolute Gasteiger partial charge is 0.465 e. The van der Waals surface area contributed by atoms with Crippen LogP contribution in [0, 0.1) is 6.92 Å². The number of carbonyl (C=O) groups is 7. The van der Waals surface area contributed by atoms with E-state index in [1.165, 1.54) is 5.56 Å². The van der Waals surface area contributed by atoms with Crippen LogP contribution in [0.3, 0.4) is 0 Å². The molecule has 34 heteroatoms. The number of aliphatic hydroxyl groups excluding tert-OH is 2. The van der Waals surface area contributed by atoms with Crippen molar-refractivity contribution in [3.63, 3.8) is 0 Å². The first kappa shape index (κ1) is 108. The summed E-state index contributed by atoms with van der Waals surface area (Å²) in [4.78, 5) is 121. The van der Waals surface area contributed by atoms with E-state index in [9.17, 15) is 38.7 Å².